The van der Waals surface area contributed by atoms with Gasteiger partial charge in [0.2, 0.25) is 0 Å². The molecule has 1 aromatic rings. The number of benzene rings is 1. The number of ether oxygens (including phenoxy) is 1. The van der Waals surface area contributed by atoms with E-state index in [9.17, 15) is 9.18 Å². The molecular formula is C12H16FNO3. The van der Waals surface area contributed by atoms with Gasteiger partial charge in [-0.1, -0.05) is 6.07 Å². The van der Waals surface area contributed by atoms with Gasteiger partial charge in [0.1, 0.15) is 0 Å². The van der Waals surface area contributed by atoms with E-state index in [1.165, 1.54) is 19.2 Å². The van der Waals surface area contributed by atoms with Crippen molar-refractivity contribution in [1.29, 1.82) is 0 Å². The molecule has 1 aromatic carbocycles. The van der Waals surface area contributed by atoms with Gasteiger partial charge < -0.3 is 15.6 Å². The Hall–Kier alpha value is -1.62. The first-order valence-corrected chi connectivity index (χ1v) is 5.13. The topological polar surface area (TPSA) is 72.5 Å². The number of carbonyl (C=O) groups is 1. The number of aromatic hydroxyl groups is 1. The first-order chi connectivity index (χ1) is 7.80. The number of rotatable bonds is 3. The SMILES string of the molecule is COC(=O)C(C)(C)[C@@H](N)c1ccc(O)c(F)c1. The van der Waals surface area contributed by atoms with E-state index in [2.05, 4.69) is 4.74 Å². The molecule has 4 nitrogen and oxygen atoms in total. The number of phenols is 1. The first kappa shape index (κ1) is 13.4. The smallest absolute Gasteiger partial charge is 0.313 e. The molecule has 0 unspecified atom stereocenters. The average molecular weight is 241 g/mol. The van der Waals surface area contributed by atoms with E-state index in [4.69, 9.17) is 10.8 Å². The van der Waals surface area contributed by atoms with E-state index in [0.29, 0.717) is 5.56 Å². The molecule has 94 valence electrons. The maximum atomic E-state index is 13.2. The number of hydrogen-bond donors (Lipinski definition) is 2. The summed E-state index contributed by atoms with van der Waals surface area (Å²) in [5.74, 6) is -1.69. The number of phenolic OH excluding ortho intramolecular Hbond substituents is 1. The minimum absolute atomic E-state index is 0.427. The van der Waals surface area contributed by atoms with E-state index < -0.39 is 29.0 Å². The van der Waals surface area contributed by atoms with Crippen molar-refractivity contribution < 1.29 is 19.0 Å². The maximum absolute atomic E-state index is 13.2. The summed E-state index contributed by atoms with van der Waals surface area (Å²) in [6.07, 6.45) is 0. The van der Waals surface area contributed by atoms with Crippen LogP contribution in [0.2, 0.25) is 0 Å². The molecule has 1 rings (SSSR count). The van der Waals surface area contributed by atoms with Crippen LogP contribution in [0.3, 0.4) is 0 Å². The molecule has 0 aliphatic rings. The zero-order valence-electron chi connectivity index (χ0n) is 10.0. The summed E-state index contributed by atoms with van der Waals surface area (Å²) in [6, 6.07) is 3.08. The monoisotopic (exact) mass is 241 g/mol. The van der Waals surface area contributed by atoms with Crippen molar-refractivity contribution >= 4 is 5.97 Å². The zero-order valence-corrected chi connectivity index (χ0v) is 10.0. The molecule has 17 heavy (non-hydrogen) atoms. The third kappa shape index (κ3) is 2.55. The molecule has 0 aliphatic heterocycles. The van der Waals surface area contributed by atoms with Crippen LogP contribution >= 0.6 is 0 Å². The van der Waals surface area contributed by atoms with Gasteiger partial charge in [0.05, 0.1) is 12.5 Å². The van der Waals surface area contributed by atoms with E-state index in [1.54, 1.807) is 13.8 Å². The molecule has 0 amide bonds. The molecule has 3 N–H and O–H groups in total. The fourth-order valence-corrected chi connectivity index (χ4v) is 1.52. The summed E-state index contributed by atoms with van der Waals surface area (Å²) in [7, 11) is 1.27. The molecule has 0 saturated heterocycles. The van der Waals surface area contributed by atoms with Gasteiger partial charge in [-0.05, 0) is 31.5 Å². The summed E-state index contributed by atoms with van der Waals surface area (Å²) in [5.41, 5.74) is 5.37. The van der Waals surface area contributed by atoms with E-state index >= 15 is 0 Å². The van der Waals surface area contributed by atoms with Gasteiger partial charge in [-0.3, -0.25) is 4.79 Å². The van der Waals surface area contributed by atoms with Crippen LogP contribution in [0.1, 0.15) is 25.5 Å². The lowest BCUT2D eigenvalue weighted by Crippen LogP contribution is -2.37. The Labute approximate surface area is 99.2 Å². The van der Waals surface area contributed by atoms with Crippen LogP contribution in [0.5, 0.6) is 5.75 Å². The average Bonchev–Trinajstić information content (AvgIpc) is 2.30. The third-order valence-corrected chi connectivity index (χ3v) is 2.82. The minimum Gasteiger partial charge on any atom is -0.505 e. The van der Waals surface area contributed by atoms with Crippen molar-refractivity contribution in [2.24, 2.45) is 11.1 Å². The quantitative estimate of drug-likeness (QED) is 0.790. The lowest BCUT2D eigenvalue weighted by molar-refractivity contribution is -0.152. The number of nitrogens with two attached hydrogens (primary N) is 1. The Morgan fingerprint density at radius 1 is 1.53 bits per heavy atom. The third-order valence-electron chi connectivity index (χ3n) is 2.82. The summed E-state index contributed by atoms with van der Waals surface area (Å²) in [6.45, 7) is 3.24. The van der Waals surface area contributed by atoms with Crippen LogP contribution in [0, 0.1) is 11.2 Å². The number of halogens is 1. The highest BCUT2D eigenvalue weighted by Crippen LogP contribution is 2.33. The molecule has 0 heterocycles. The zero-order chi connectivity index (χ0) is 13.2. The van der Waals surface area contributed by atoms with Gasteiger partial charge in [-0.25, -0.2) is 4.39 Å². The molecule has 1 atom stereocenters. The summed E-state index contributed by atoms with van der Waals surface area (Å²) < 4.78 is 17.8. The Balaban J connectivity index is 3.07. The van der Waals surface area contributed by atoms with Crippen molar-refractivity contribution in [3.8, 4) is 5.75 Å². The van der Waals surface area contributed by atoms with Crippen molar-refractivity contribution in [2.75, 3.05) is 7.11 Å². The second-order valence-corrected chi connectivity index (χ2v) is 4.40. The molecule has 0 aliphatic carbocycles. The molecule has 0 saturated carbocycles. The predicted molar refractivity (Wildman–Crippen MR) is 60.8 cm³/mol. The lowest BCUT2D eigenvalue weighted by atomic mass is 9.81. The molecule has 5 heteroatoms. The van der Waals surface area contributed by atoms with E-state index in [0.717, 1.165) is 6.07 Å². The maximum Gasteiger partial charge on any atom is 0.313 e. The largest absolute Gasteiger partial charge is 0.505 e. The van der Waals surface area contributed by atoms with Gasteiger partial charge in [-0.2, -0.15) is 0 Å². The number of methoxy groups -OCH3 is 1. The minimum atomic E-state index is -0.974. The molecule has 0 aromatic heterocycles. The second-order valence-electron chi connectivity index (χ2n) is 4.40. The van der Waals surface area contributed by atoms with E-state index in [1.807, 2.05) is 0 Å². The van der Waals surface area contributed by atoms with Crippen molar-refractivity contribution in [1.82, 2.24) is 0 Å². The van der Waals surface area contributed by atoms with E-state index in [-0.39, 0.29) is 0 Å². The molecule has 0 spiro atoms. The van der Waals surface area contributed by atoms with Gasteiger partial charge in [0.15, 0.2) is 11.6 Å². The summed E-state index contributed by atoms with van der Waals surface area (Å²) in [5, 5.41) is 9.08. The highest BCUT2D eigenvalue weighted by atomic mass is 19.1. The molecule has 0 radical (unpaired) electrons. The Kier molecular flexibility index (Phi) is 3.72. The standard InChI is InChI=1S/C12H16FNO3/c1-12(2,11(16)17-3)10(14)7-4-5-9(15)8(13)6-7/h4-6,10,15H,14H2,1-3H3/t10-/m0/s1. The molecule has 0 fully saturated rings. The number of hydrogen-bond acceptors (Lipinski definition) is 4. The van der Waals surface area contributed by atoms with Crippen molar-refractivity contribution in [3.63, 3.8) is 0 Å². The van der Waals surface area contributed by atoms with Crippen LogP contribution in [0.25, 0.3) is 0 Å². The fourth-order valence-electron chi connectivity index (χ4n) is 1.52. The van der Waals surface area contributed by atoms with Crippen LogP contribution in [0.4, 0.5) is 4.39 Å². The fraction of sp³-hybridized carbons (Fsp3) is 0.417. The highest BCUT2D eigenvalue weighted by molar-refractivity contribution is 5.77. The first-order valence-electron chi connectivity index (χ1n) is 5.13. The molecule has 0 bridgehead atoms. The van der Waals surface area contributed by atoms with Crippen LogP contribution in [-0.4, -0.2) is 18.2 Å². The lowest BCUT2D eigenvalue weighted by Gasteiger charge is -2.28. The number of carbonyl (C=O) groups excluding carboxylic acids is 1. The summed E-state index contributed by atoms with van der Waals surface area (Å²) in [4.78, 5) is 11.6. The van der Waals surface area contributed by atoms with Gasteiger partial charge in [-0.15, -0.1) is 0 Å². The Bertz CT molecular complexity index is 432. The van der Waals surface area contributed by atoms with Crippen LogP contribution < -0.4 is 5.73 Å². The second kappa shape index (κ2) is 4.71. The van der Waals surface area contributed by atoms with Crippen LogP contribution in [-0.2, 0) is 9.53 Å². The molecular weight excluding hydrogens is 225 g/mol. The summed E-state index contributed by atoms with van der Waals surface area (Å²) >= 11 is 0. The Morgan fingerprint density at radius 2 is 2.12 bits per heavy atom. The Morgan fingerprint density at radius 3 is 2.59 bits per heavy atom. The predicted octanol–water partition coefficient (Wildman–Crippen LogP) is 1.73. The highest BCUT2D eigenvalue weighted by Gasteiger charge is 2.36. The van der Waals surface area contributed by atoms with Crippen molar-refractivity contribution in [3.05, 3.63) is 29.6 Å². The normalized spacial score (nSPS) is 13.2. The van der Waals surface area contributed by atoms with Crippen molar-refractivity contribution in [2.45, 2.75) is 19.9 Å². The van der Waals surface area contributed by atoms with Gasteiger partial charge in [0, 0.05) is 6.04 Å². The van der Waals surface area contributed by atoms with Gasteiger partial charge in [0.25, 0.3) is 0 Å². The van der Waals surface area contributed by atoms with Crippen LogP contribution in [0.15, 0.2) is 18.2 Å². The van der Waals surface area contributed by atoms with Gasteiger partial charge >= 0.3 is 5.97 Å². The number of esters is 1.